The maximum Gasteiger partial charge on any atom is 0.159 e. The molecule has 0 saturated carbocycles. The molecule has 0 amide bonds. The summed E-state index contributed by atoms with van der Waals surface area (Å²) < 4.78 is 0. The fraction of sp³-hybridized carbons (Fsp3) is 0.267. The van der Waals surface area contributed by atoms with Crippen LogP contribution < -0.4 is 4.90 Å². The Kier molecular flexibility index (Phi) is 3.11. The van der Waals surface area contributed by atoms with E-state index in [4.69, 9.17) is 0 Å². The van der Waals surface area contributed by atoms with Crippen molar-refractivity contribution in [2.24, 2.45) is 0 Å². The lowest BCUT2D eigenvalue weighted by atomic mass is 10.1. The molecule has 1 aliphatic heterocycles. The number of anilines is 1. The molecular formula is C15H14N4. The Balaban J connectivity index is 2.00. The van der Waals surface area contributed by atoms with Crippen molar-refractivity contribution in [2.45, 2.75) is 12.8 Å². The van der Waals surface area contributed by atoms with Gasteiger partial charge in [0, 0.05) is 31.0 Å². The molecule has 1 aromatic carbocycles. The summed E-state index contributed by atoms with van der Waals surface area (Å²) in [5, 5.41) is 9.33. The Morgan fingerprint density at radius 1 is 1.11 bits per heavy atom. The van der Waals surface area contributed by atoms with Crippen molar-refractivity contribution >= 4 is 5.69 Å². The number of hydrogen-bond donors (Lipinski definition) is 0. The predicted molar refractivity (Wildman–Crippen MR) is 73.6 cm³/mol. The highest BCUT2D eigenvalue weighted by atomic mass is 15.1. The van der Waals surface area contributed by atoms with Gasteiger partial charge in [0.25, 0.3) is 0 Å². The first-order chi connectivity index (χ1) is 9.38. The number of aromatic nitrogens is 2. The van der Waals surface area contributed by atoms with Gasteiger partial charge in [0.2, 0.25) is 0 Å². The lowest BCUT2D eigenvalue weighted by molar-refractivity contribution is 0.949. The third-order valence-electron chi connectivity index (χ3n) is 3.39. The summed E-state index contributed by atoms with van der Waals surface area (Å²) in [7, 11) is 0. The van der Waals surface area contributed by atoms with Crippen LogP contribution in [0.2, 0.25) is 0 Å². The van der Waals surface area contributed by atoms with E-state index in [1.807, 2.05) is 18.2 Å². The van der Waals surface area contributed by atoms with E-state index in [9.17, 15) is 5.26 Å². The summed E-state index contributed by atoms with van der Waals surface area (Å²) in [6.07, 6.45) is 5.83. The van der Waals surface area contributed by atoms with Gasteiger partial charge in [-0.3, -0.25) is 0 Å². The number of rotatable bonds is 2. The molecule has 1 aliphatic rings. The minimum atomic E-state index is 0.659. The second kappa shape index (κ2) is 5.07. The van der Waals surface area contributed by atoms with Crippen molar-refractivity contribution in [3.8, 4) is 17.5 Å². The highest BCUT2D eigenvalue weighted by Crippen LogP contribution is 2.27. The summed E-state index contributed by atoms with van der Waals surface area (Å²) in [6, 6.07) is 9.95. The Labute approximate surface area is 112 Å². The largest absolute Gasteiger partial charge is 0.370 e. The quantitative estimate of drug-likeness (QED) is 0.822. The van der Waals surface area contributed by atoms with E-state index in [-0.39, 0.29) is 0 Å². The normalized spacial score (nSPS) is 14.4. The molecule has 0 radical (unpaired) electrons. The van der Waals surface area contributed by atoms with E-state index in [1.54, 1.807) is 18.5 Å². The molecule has 19 heavy (non-hydrogen) atoms. The lowest BCUT2D eigenvalue weighted by Gasteiger charge is -2.19. The van der Waals surface area contributed by atoms with Gasteiger partial charge >= 0.3 is 0 Å². The molecule has 2 aromatic rings. The zero-order valence-corrected chi connectivity index (χ0v) is 10.6. The number of nitriles is 1. The van der Waals surface area contributed by atoms with Gasteiger partial charge in [-0.15, -0.1) is 0 Å². The van der Waals surface area contributed by atoms with Crippen molar-refractivity contribution in [1.29, 1.82) is 5.26 Å². The van der Waals surface area contributed by atoms with Gasteiger partial charge in [0.05, 0.1) is 11.3 Å². The van der Waals surface area contributed by atoms with Crippen LogP contribution >= 0.6 is 0 Å². The Morgan fingerprint density at radius 3 is 2.53 bits per heavy atom. The van der Waals surface area contributed by atoms with Crippen molar-refractivity contribution < 1.29 is 0 Å². The van der Waals surface area contributed by atoms with Gasteiger partial charge in [0.1, 0.15) is 6.07 Å². The van der Waals surface area contributed by atoms with Crippen molar-refractivity contribution in [1.82, 2.24) is 9.97 Å². The minimum Gasteiger partial charge on any atom is -0.370 e. The van der Waals surface area contributed by atoms with Crippen LogP contribution in [0.1, 0.15) is 18.4 Å². The van der Waals surface area contributed by atoms with Crippen molar-refractivity contribution in [3.63, 3.8) is 0 Å². The van der Waals surface area contributed by atoms with Crippen LogP contribution in [0, 0.1) is 11.3 Å². The van der Waals surface area contributed by atoms with E-state index in [2.05, 4.69) is 20.9 Å². The van der Waals surface area contributed by atoms with Crippen LogP contribution in [0.5, 0.6) is 0 Å². The van der Waals surface area contributed by atoms with E-state index in [0.29, 0.717) is 11.4 Å². The molecule has 0 unspecified atom stereocenters. The highest BCUT2D eigenvalue weighted by molar-refractivity contribution is 5.68. The third kappa shape index (κ3) is 2.27. The molecule has 1 saturated heterocycles. The summed E-state index contributed by atoms with van der Waals surface area (Å²) >= 11 is 0. The molecule has 0 spiro atoms. The molecule has 3 rings (SSSR count). The second-order valence-electron chi connectivity index (χ2n) is 4.61. The van der Waals surface area contributed by atoms with Gasteiger partial charge in [-0.1, -0.05) is 0 Å². The molecule has 4 heteroatoms. The Bertz CT molecular complexity index is 610. The van der Waals surface area contributed by atoms with E-state index >= 15 is 0 Å². The molecular weight excluding hydrogens is 236 g/mol. The number of benzene rings is 1. The number of hydrogen-bond acceptors (Lipinski definition) is 4. The van der Waals surface area contributed by atoms with Gasteiger partial charge in [-0.25, -0.2) is 9.97 Å². The van der Waals surface area contributed by atoms with Gasteiger partial charge in [-0.2, -0.15) is 5.26 Å². The summed E-state index contributed by atoms with van der Waals surface area (Å²) in [4.78, 5) is 10.7. The van der Waals surface area contributed by atoms with Gasteiger partial charge in [0.15, 0.2) is 5.82 Å². The fourth-order valence-corrected chi connectivity index (χ4v) is 2.45. The zero-order chi connectivity index (χ0) is 13.1. The van der Waals surface area contributed by atoms with Crippen molar-refractivity contribution in [3.05, 3.63) is 42.2 Å². The molecule has 0 aliphatic carbocycles. The highest BCUT2D eigenvalue weighted by Gasteiger charge is 2.16. The fourth-order valence-electron chi connectivity index (χ4n) is 2.45. The SMILES string of the molecule is N#Cc1cc(-c2ncccn2)ccc1N1CCCC1. The monoisotopic (exact) mass is 250 g/mol. The lowest BCUT2D eigenvalue weighted by Crippen LogP contribution is -2.18. The maximum atomic E-state index is 9.33. The number of nitrogens with zero attached hydrogens (tertiary/aromatic N) is 4. The molecule has 1 aromatic heterocycles. The first-order valence-corrected chi connectivity index (χ1v) is 6.45. The zero-order valence-electron chi connectivity index (χ0n) is 10.6. The van der Waals surface area contributed by atoms with Gasteiger partial charge < -0.3 is 4.90 Å². The van der Waals surface area contributed by atoms with Crippen LogP contribution in [-0.2, 0) is 0 Å². The van der Waals surface area contributed by atoms with Crippen LogP contribution in [0.15, 0.2) is 36.7 Å². The molecule has 0 N–H and O–H groups in total. The Morgan fingerprint density at radius 2 is 1.84 bits per heavy atom. The van der Waals surface area contributed by atoms with Crippen LogP contribution in [0.25, 0.3) is 11.4 Å². The van der Waals surface area contributed by atoms with Crippen LogP contribution in [0.4, 0.5) is 5.69 Å². The topological polar surface area (TPSA) is 52.8 Å². The van der Waals surface area contributed by atoms with Crippen molar-refractivity contribution in [2.75, 3.05) is 18.0 Å². The Hall–Kier alpha value is -2.41. The molecule has 1 fully saturated rings. The average Bonchev–Trinajstić information content (AvgIpc) is 3.01. The maximum absolute atomic E-state index is 9.33. The first kappa shape index (κ1) is 11.7. The van der Waals surface area contributed by atoms with Gasteiger partial charge in [-0.05, 0) is 37.1 Å². The summed E-state index contributed by atoms with van der Waals surface area (Å²) in [5.41, 5.74) is 2.62. The predicted octanol–water partition coefficient (Wildman–Crippen LogP) is 2.62. The summed E-state index contributed by atoms with van der Waals surface area (Å²) in [6.45, 7) is 2.08. The van der Waals surface area contributed by atoms with Crippen LogP contribution in [-0.4, -0.2) is 23.1 Å². The molecule has 2 heterocycles. The standard InChI is InChI=1S/C15H14N4/c16-11-13-10-12(15-17-6-3-7-18-15)4-5-14(13)19-8-1-2-9-19/h3-7,10H,1-2,8-9H2. The van der Waals surface area contributed by atoms with Crippen LogP contribution in [0.3, 0.4) is 0 Å². The smallest absolute Gasteiger partial charge is 0.159 e. The summed E-state index contributed by atoms with van der Waals surface area (Å²) in [5.74, 6) is 0.659. The molecule has 94 valence electrons. The third-order valence-corrected chi connectivity index (χ3v) is 3.39. The van der Waals surface area contributed by atoms with E-state index in [1.165, 1.54) is 12.8 Å². The van der Waals surface area contributed by atoms with E-state index < -0.39 is 0 Å². The van der Waals surface area contributed by atoms with E-state index in [0.717, 1.165) is 24.3 Å². The molecule has 0 atom stereocenters. The average molecular weight is 250 g/mol. The molecule has 0 bridgehead atoms. The molecule has 4 nitrogen and oxygen atoms in total. The first-order valence-electron chi connectivity index (χ1n) is 6.45. The second-order valence-corrected chi connectivity index (χ2v) is 4.61. The minimum absolute atomic E-state index is 0.659.